The molecule has 0 aromatic heterocycles. The molecule has 1 aromatic carbocycles. The highest BCUT2D eigenvalue weighted by Gasteiger charge is 2.41. The summed E-state index contributed by atoms with van der Waals surface area (Å²) in [5, 5.41) is 0. The van der Waals surface area contributed by atoms with Crippen LogP contribution in [0, 0.1) is 17.8 Å². The lowest BCUT2D eigenvalue weighted by Crippen LogP contribution is -2.13. The van der Waals surface area contributed by atoms with E-state index in [2.05, 4.69) is 31.2 Å². The Morgan fingerprint density at radius 3 is 2.24 bits per heavy atom. The Balaban J connectivity index is 1.56. The fraction of sp³-hybridized carbons (Fsp3) is 0.625. The number of ether oxygens (including phenoxy) is 1. The number of para-hydroxylation sites is 1. The summed E-state index contributed by atoms with van der Waals surface area (Å²) >= 11 is 0. The van der Waals surface area contributed by atoms with E-state index in [4.69, 9.17) is 4.74 Å². The lowest BCUT2D eigenvalue weighted by molar-refractivity contribution is 0.194. The molecular formula is C16H22O. The SMILES string of the molecule is CCC1CC2CC(Oc3ccccc3)CC2C1. The average Bonchev–Trinajstić information content (AvgIpc) is 2.87. The monoisotopic (exact) mass is 230 g/mol. The molecule has 0 amide bonds. The maximum absolute atomic E-state index is 6.08. The number of benzene rings is 1. The summed E-state index contributed by atoms with van der Waals surface area (Å²) in [7, 11) is 0. The van der Waals surface area contributed by atoms with Crippen LogP contribution >= 0.6 is 0 Å². The molecule has 0 aliphatic heterocycles. The molecule has 2 saturated carbocycles. The van der Waals surface area contributed by atoms with Gasteiger partial charge in [0.15, 0.2) is 0 Å². The minimum atomic E-state index is 0.477. The molecule has 92 valence electrons. The Bertz CT molecular complexity index is 345. The van der Waals surface area contributed by atoms with Gasteiger partial charge in [0.1, 0.15) is 5.75 Å². The van der Waals surface area contributed by atoms with Crippen LogP contribution in [0.5, 0.6) is 5.75 Å². The summed E-state index contributed by atoms with van der Waals surface area (Å²) in [6.45, 7) is 2.34. The van der Waals surface area contributed by atoms with Crippen molar-refractivity contribution in [3.63, 3.8) is 0 Å². The Labute approximate surface area is 104 Å². The molecule has 3 rings (SSSR count). The van der Waals surface area contributed by atoms with Gasteiger partial charge in [-0.05, 0) is 55.6 Å². The molecule has 1 nitrogen and oxygen atoms in total. The summed E-state index contributed by atoms with van der Waals surface area (Å²) in [4.78, 5) is 0. The molecule has 2 aliphatic carbocycles. The van der Waals surface area contributed by atoms with Crippen molar-refractivity contribution in [1.82, 2.24) is 0 Å². The molecule has 0 N–H and O–H groups in total. The number of fused-ring (bicyclic) bond motifs is 1. The fourth-order valence-corrected chi connectivity index (χ4v) is 3.81. The molecule has 2 atom stereocenters. The lowest BCUT2D eigenvalue weighted by Gasteiger charge is -2.16. The normalized spacial score (nSPS) is 35.8. The quantitative estimate of drug-likeness (QED) is 0.753. The third-order valence-electron chi connectivity index (χ3n) is 4.69. The number of hydrogen-bond acceptors (Lipinski definition) is 1. The van der Waals surface area contributed by atoms with E-state index in [0.29, 0.717) is 6.10 Å². The van der Waals surface area contributed by atoms with Crippen molar-refractivity contribution in [3.05, 3.63) is 30.3 Å². The van der Waals surface area contributed by atoms with Crippen molar-refractivity contribution < 1.29 is 4.74 Å². The van der Waals surface area contributed by atoms with Gasteiger partial charge < -0.3 is 4.74 Å². The van der Waals surface area contributed by atoms with Gasteiger partial charge in [-0.25, -0.2) is 0 Å². The summed E-state index contributed by atoms with van der Waals surface area (Å²) in [6.07, 6.45) is 7.33. The van der Waals surface area contributed by atoms with Gasteiger partial charge in [-0.1, -0.05) is 31.5 Å². The molecule has 0 saturated heterocycles. The fourth-order valence-electron chi connectivity index (χ4n) is 3.81. The van der Waals surface area contributed by atoms with Crippen LogP contribution in [0.25, 0.3) is 0 Å². The van der Waals surface area contributed by atoms with Crippen molar-refractivity contribution in [1.29, 1.82) is 0 Å². The molecule has 0 spiro atoms. The molecule has 0 bridgehead atoms. The Morgan fingerprint density at radius 1 is 1.00 bits per heavy atom. The van der Waals surface area contributed by atoms with Crippen LogP contribution in [-0.4, -0.2) is 6.10 Å². The zero-order valence-electron chi connectivity index (χ0n) is 10.6. The molecule has 2 aliphatic rings. The van der Waals surface area contributed by atoms with Crippen LogP contribution in [0.2, 0.25) is 0 Å². The largest absolute Gasteiger partial charge is 0.490 e. The van der Waals surface area contributed by atoms with Crippen LogP contribution in [-0.2, 0) is 0 Å². The van der Waals surface area contributed by atoms with Gasteiger partial charge in [0.25, 0.3) is 0 Å². The van der Waals surface area contributed by atoms with E-state index in [0.717, 1.165) is 23.5 Å². The highest BCUT2D eigenvalue weighted by atomic mass is 16.5. The molecule has 0 radical (unpaired) electrons. The minimum Gasteiger partial charge on any atom is -0.490 e. The first-order valence-electron chi connectivity index (χ1n) is 7.07. The molecule has 17 heavy (non-hydrogen) atoms. The van der Waals surface area contributed by atoms with Crippen molar-refractivity contribution in [2.45, 2.75) is 45.1 Å². The molecule has 1 aromatic rings. The Morgan fingerprint density at radius 2 is 1.65 bits per heavy atom. The maximum Gasteiger partial charge on any atom is 0.119 e. The van der Waals surface area contributed by atoms with Gasteiger partial charge in [0, 0.05) is 0 Å². The molecular weight excluding hydrogens is 208 g/mol. The highest BCUT2D eigenvalue weighted by molar-refractivity contribution is 5.21. The van der Waals surface area contributed by atoms with E-state index in [9.17, 15) is 0 Å². The summed E-state index contributed by atoms with van der Waals surface area (Å²) < 4.78 is 6.08. The first-order chi connectivity index (χ1) is 8.35. The van der Waals surface area contributed by atoms with Gasteiger partial charge in [-0.15, -0.1) is 0 Å². The minimum absolute atomic E-state index is 0.477. The van der Waals surface area contributed by atoms with Gasteiger partial charge in [0.05, 0.1) is 6.10 Å². The number of hydrogen-bond donors (Lipinski definition) is 0. The van der Waals surface area contributed by atoms with Crippen LogP contribution in [0.3, 0.4) is 0 Å². The highest BCUT2D eigenvalue weighted by Crippen LogP contribution is 2.48. The number of rotatable bonds is 3. The molecule has 1 heteroatoms. The van der Waals surface area contributed by atoms with E-state index in [1.165, 1.54) is 32.1 Å². The van der Waals surface area contributed by atoms with Crippen LogP contribution in [0.4, 0.5) is 0 Å². The lowest BCUT2D eigenvalue weighted by atomic mass is 10.0. The van der Waals surface area contributed by atoms with Crippen LogP contribution in [0.15, 0.2) is 30.3 Å². The van der Waals surface area contributed by atoms with Gasteiger partial charge in [0.2, 0.25) is 0 Å². The van der Waals surface area contributed by atoms with Crippen molar-refractivity contribution in [3.8, 4) is 5.75 Å². The Kier molecular flexibility index (Phi) is 3.09. The second-order valence-corrected chi connectivity index (χ2v) is 5.79. The second-order valence-electron chi connectivity index (χ2n) is 5.79. The maximum atomic E-state index is 6.08. The summed E-state index contributed by atoms with van der Waals surface area (Å²) in [5.74, 6) is 3.95. The first kappa shape index (κ1) is 11.1. The third-order valence-corrected chi connectivity index (χ3v) is 4.69. The molecule has 2 fully saturated rings. The zero-order chi connectivity index (χ0) is 11.7. The second kappa shape index (κ2) is 4.72. The van der Waals surface area contributed by atoms with Gasteiger partial charge in [-0.3, -0.25) is 0 Å². The first-order valence-corrected chi connectivity index (χ1v) is 7.07. The molecule has 0 heterocycles. The van der Waals surface area contributed by atoms with Crippen LogP contribution < -0.4 is 4.74 Å². The van der Waals surface area contributed by atoms with Crippen molar-refractivity contribution in [2.75, 3.05) is 0 Å². The van der Waals surface area contributed by atoms with E-state index in [1.807, 2.05) is 6.07 Å². The topological polar surface area (TPSA) is 9.23 Å². The third kappa shape index (κ3) is 2.34. The molecule has 2 unspecified atom stereocenters. The van der Waals surface area contributed by atoms with Gasteiger partial charge in [-0.2, -0.15) is 0 Å². The van der Waals surface area contributed by atoms with E-state index < -0.39 is 0 Å². The summed E-state index contributed by atoms with van der Waals surface area (Å²) in [6, 6.07) is 10.3. The summed E-state index contributed by atoms with van der Waals surface area (Å²) in [5.41, 5.74) is 0. The standard InChI is InChI=1S/C16H22O/c1-2-12-8-13-10-16(11-14(13)9-12)17-15-6-4-3-5-7-15/h3-7,12-14,16H,2,8-11H2,1H3. The predicted molar refractivity (Wildman–Crippen MR) is 70.1 cm³/mol. The zero-order valence-corrected chi connectivity index (χ0v) is 10.6. The van der Waals surface area contributed by atoms with Crippen LogP contribution in [0.1, 0.15) is 39.0 Å². The van der Waals surface area contributed by atoms with Crippen molar-refractivity contribution in [2.24, 2.45) is 17.8 Å². The van der Waals surface area contributed by atoms with E-state index in [1.54, 1.807) is 0 Å². The van der Waals surface area contributed by atoms with E-state index >= 15 is 0 Å². The van der Waals surface area contributed by atoms with Crippen molar-refractivity contribution >= 4 is 0 Å². The predicted octanol–water partition coefficient (Wildman–Crippen LogP) is 4.28. The van der Waals surface area contributed by atoms with Gasteiger partial charge >= 0.3 is 0 Å². The van der Waals surface area contributed by atoms with E-state index in [-0.39, 0.29) is 0 Å². The average molecular weight is 230 g/mol. The smallest absolute Gasteiger partial charge is 0.119 e. The Hall–Kier alpha value is -0.980.